The third-order valence-corrected chi connectivity index (χ3v) is 4.14. The van der Waals surface area contributed by atoms with Crippen molar-refractivity contribution in [3.8, 4) is 0 Å². The predicted molar refractivity (Wildman–Crippen MR) is 75.2 cm³/mol. The minimum Gasteiger partial charge on any atom is -0.349 e. The van der Waals surface area contributed by atoms with Crippen LogP contribution < -0.4 is 16.2 Å². The average Bonchev–Trinajstić information content (AvgIpc) is 2.36. The smallest absolute Gasteiger partial charge is 0.349 e. The topological polar surface area (TPSA) is 110 Å². The van der Waals surface area contributed by atoms with Crippen molar-refractivity contribution >= 4 is 29.1 Å². The summed E-state index contributed by atoms with van der Waals surface area (Å²) in [5.74, 6) is 6.53. The molecule has 0 aliphatic carbocycles. The van der Waals surface area contributed by atoms with Gasteiger partial charge >= 0.3 is 5.69 Å². The number of rotatable bonds is 3. The SMILES string of the molecule is CC1(C)CN(c2ncnc(NN)c2[N+](=O)[O-])CCS1. The summed E-state index contributed by atoms with van der Waals surface area (Å²) in [6, 6.07) is 0. The van der Waals surface area contributed by atoms with Gasteiger partial charge in [0.25, 0.3) is 0 Å². The molecule has 1 aromatic heterocycles. The normalized spacial score (nSPS) is 18.2. The first-order valence-electron chi connectivity index (χ1n) is 5.79. The van der Waals surface area contributed by atoms with Gasteiger partial charge in [0, 0.05) is 23.6 Å². The quantitative estimate of drug-likeness (QED) is 0.480. The largest absolute Gasteiger partial charge is 0.354 e. The molecule has 2 rings (SSSR count). The minimum absolute atomic E-state index is 0.0334. The highest BCUT2D eigenvalue weighted by molar-refractivity contribution is 8.00. The van der Waals surface area contributed by atoms with Gasteiger partial charge in [0.2, 0.25) is 11.6 Å². The van der Waals surface area contributed by atoms with E-state index in [0.717, 1.165) is 12.3 Å². The highest BCUT2D eigenvalue weighted by atomic mass is 32.2. The molecule has 1 aromatic rings. The second-order valence-electron chi connectivity index (χ2n) is 4.83. The van der Waals surface area contributed by atoms with E-state index in [9.17, 15) is 10.1 Å². The Balaban J connectivity index is 2.41. The van der Waals surface area contributed by atoms with E-state index in [1.165, 1.54) is 6.33 Å². The molecule has 0 aromatic carbocycles. The van der Waals surface area contributed by atoms with E-state index in [1.807, 2.05) is 16.7 Å². The lowest BCUT2D eigenvalue weighted by Crippen LogP contribution is -2.43. The number of thioether (sulfide) groups is 1. The summed E-state index contributed by atoms with van der Waals surface area (Å²) in [5.41, 5.74) is 2.08. The van der Waals surface area contributed by atoms with Crippen LogP contribution in [0.5, 0.6) is 0 Å². The maximum atomic E-state index is 11.2. The summed E-state index contributed by atoms with van der Waals surface area (Å²) in [7, 11) is 0. The highest BCUT2D eigenvalue weighted by Gasteiger charge is 2.33. The third-order valence-electron chi connectivity index (χ3n) is 2.85. The first kappa shape index (κ1) is 13.8. The van der Waals surface area contributed by atoms with Crippen molar-refractivity contribution in [2.75, 3.05) is 29.2 Å². The van der Waals surface area contributed by atoms with Gasteiger partial charge in [-0.2, -0.15) is 11.8 Å². The summed E-state index contributed by atoms with van der Waals surface area (Å²) in [6.45, 7) is 5.63. The Labute approximate surface area is 114 Å². The molecule has 0 radical (unpaired) electrons. The summed E-state index contributed by atoms with van der Waals surface area (Å²) < 4.78 is 0.0351. The summed E-state index contributed by atoms with van der Waals surface area (Å²) in [6.07, 6.45) is 1.28. The van der Waals surface area contributed by atoms with Crippen LogP contribution in [-0.4, -0.2) is 38.5 Å². The van der Waals surface area contributed by atoms with E-state index in [0.29, 0.717) is 12.4 Å². The van der Waals surface area contributed by atoms with Crippen LogP contribution in [0.3, 0.4) is 0 Å². The molecule has 19 heavy (non-hydrogen) atoms. The molecule has 2 heterocycles. The van der Waals surface area contributed by atoms with Crippen LogP contribution in [0.15, 0.2) is 6.33 Å². The van der Waals surface area contributed by atoms with Crippen LogP contribution in [0.2, 0.25) is 0 Å². The maximum absolute atomic E-state index is 11.2. The standard InChI is InChI=1S/C10H16N6O2S/c1-10(2)5-15(3-4-19-10)9-7(16(17)18)8(14-11)12-6-13-9/h6H,3-5,11H2,1-2H3,(H,12,13,14). The van der Waals surface area contributed by atoms with Crippen molar-refractivity contribution in [2.24, 2.45) is 5.84 Å². The van der Waals surface area contributed by atoms with Crippen molar-refractivity contribution < 1.29 is 4.92 Å². The van der Waals surface area contributed by atoms with Crippen LogP contribution in [0, 0.1) is 10.1 Å². The van der Waals surface area contributed by atoms with Crippen LogP contribution >= 0.6 is 11.8 Å². The molecule has 9 heteroatoms. The lowest BCUT2D eigenvalue weighted by Gasteiger charge is -2.37. The number of nitrogen functional groups attached to an aromatic ring is 1. The zero-order valence-corrected chi connectivity index (χ0v) is 11.6. The maximum Gasteiger partial charge on any atom is 0.354 e. The number of nitrogens with zero attached hydrogens (tertiary/aromatic N) is 4. The molecule has 8 nitrogen and oxygen atoms in total. The van der Waals surface area contributed by atoms with Gasteiger partial charge in [0.1, 0.15) is 6.33 Å². The van der Waals surface area contributed by atoms with Gasteiger partial charge in [-0.05, 0) is 13.8 Å². The Morgan fingerprint density at radius 1 is 1.58 bits per heavy atom. The number of hydrazine groups is 1. The van der Waals surface area contributed by atoms with Crippen LogP contribution in [-0.2, 0) is 0 Å². The fourth-order valence-corrected chi connectivity index (χ4v) is 3.18. The molecule has 104 valence electrons. The van der Waals surface area contributed by atoms with Crippen molar-refractivity contribution in [2.45, 2.75) is 18.6 Å². The van der Waals surface area contributed by atoms with Gasteiger partial charge in [0.05, 0.1) is 4.92 Å². The zero-order chi connectivity index (χ0) is 14.0. The van der Waals surface area contributed by atoms with Gasteiger partial charge in [-0.25, -0.2) is 15.8 Å². The molecule has 1 fully saturated rings. The highest BCUT2D eigenvalue weighted by Crippen LogP contribution is 2.36. The Morgan fingerprint density at radius 3 is 2.89 bits per heavy atom. The Kier molecular flexibility index (Phi) is 3.76. The molecule has 0 saturated carbocycles. The molecular weight excluding hydrogens is 268 g/mol. The van der Waals surface area contributed by atoms with E-state index < -0.39 is 4.92 Å². The molecule has 1 aliphatic rings. The number of hydrogen-bond acceptors (Lipinski definition) is 8. The van der Waals surface area contributed by atoms with Gasteiger partial charge in [-0.3, -0.25) is 10.1 Å². The van der Waals surface area contributed by atoms with Gasteiger partial charge in [0.15, 0.2) is 0 Å². The Hall–Kier alpha value is -1.61. The van der Waals surface area contributed by atoms with Crippen molar-refractivity contribution in [1.82, 2.24) is 9.97 Å². The Bertz CT molecular complexity index is 495. The van der Waals surface area contributed by atoms with Gasteiger partial charge < -0.3 is 10.3 Å². The third kappa shape index (κ3) is 2.87. The number of hydrogen-bond donors (Lipinski definition) is 2. The minimum atomic E-state index is -0.501. The second kappa shape index (κ2) is 5.17. The van der Waals surface area contributed by atoms with E-state index in [2.05, 4.69) is 29.2 Å². The second-order valence-corrected chi connectivity index (χ2v) is 6.63. The van der Waals surface area contributed by atoms with Crippen molar-refractivity contribution in [3.05, 3.63) is 16.4 Å². The molecule has 0 spiro atoms. The number of nitro groups is 1. The zero-order valence-electron chi connectivity index (χ0n) is 10.8. The number of nitrogens with one attached hydrogen (secondary N) is 1. The van der Waals surface area contributed by atoms with Gasteiger partial charge in [-0.1, -0.05) is 0 Å². The number of aromatic nitrogens is 2. The molecule has 0 atom stereocenters. The molecule has 0 bridgehead atoms. The van der Waals surface area contributed by atoms with Gasteiger partial charge in [-0.15, -0.1) is 0 Å². The van der Waals surface area contributed by atoms with Crippen LogP contribution in [0.4, 0.5) is 17.3 Å². The van der Waals surface area contributed by atoms with Crippen LogP contribution in [0.1, 0.15) is 13.8 Å². The van der Waals surface area contributed by atoms with Crippen molar-refractivity contribution in [1.29, 1.82) is 0 Å². The van der Waals surface area contributed by atoms with E-state index >= 15 is 0 Å². The van der Waals surface area contributed by atoms with E-state index in [-0.39, 0.29) is 16.3 Å². The lowest BCUT2D eigenvalue weighted by molar-refractivity contribution is -0.383. The monoisotopic (exact) mass is 284 g/mol. The molecule has 0 amide bonds. The molecule has 3 N–H and O–H groups in total. The number of anilines is 2. The predicted octanol–water partition coefficient (Wildman–Crippen LogP) is 1.00. The fraction of sp³-hybridized carbons (Fsp3) is 0.600. The van der Waals surface area contributed by atoms with Crippen molar-refractivity contribution in [3.63, 3.8) is 0 Å². The summed E-state index contributed by atoms with van der Waals surface area (Å²) in [5, 5.41) is 11.2. The average molecular weight is 284 g/mol. The molecule has 1 saturated heterocycles. The molecular formula is C10H16N6O2S. The first-order chi connectivity index (χ1) is 8.94. The van der Waals surface area contributed by atoms with E-state index in [4.69, 9.17) is 5.84 Å². The van der Waals surface area contributed by atoms with E-state index in [1.54, 1.807) is 0 Å². The lowest BCUT2D eigenvalue weighted by atomic mass is 10.2. The molecule has 0 unspecified atom stereocenters. The first-order valence-corrected chi connectivity index (χ1v) is 6.78. The number of nitrogens with two attached hydrogens (primary N) is 1. The summed E-state index contributed by atoms with van der Waals surface area (Å²) in [4.78, 5) is 20.5. The molecule has 1 aliphatic heterocycles. The Morgan fingerprint density at radius 2 is 2.32 bits per heavy atom. The summed E-state index contributed by atoms with van der Waals surface area (Å²) >= 11 is 1.85. The fourth-order valence-electron chi connectivity index (χ4n) is 2.07. The van der Waals surface area contributed by atoms with Crippen LogP contribution in [0.25, 0.3) is 0 Å².